The first-order valence-corrected chi connectivity index (χ1v) is 8.99. The van der Waals surface area contributed by atoms with Crippen molar-refractivity contribution in [1.82, 2.24) is 0 Å². The van der Waals surface area contributed by atoms with E-state index in [1.54, 1.807) is 12.1 Å². The predicted octanol–water partition coefficient (Wildman–Crippen LogP) is 5.36. The van der Waals surface area contributed by atoms with E-state index in [4.69, 9.17) is 24.5 Å². The highest BCUT2D eigenvalue weighted by atomic mass is 19.1. The highest BCUT2D eigenvalue weighted by Gasteiger charge is 2.32. The Hall–Kier alpha value is -2.83. The number of rotatable bonds is 4. The molecule has 0 aromatic heterocycles. The van der Waals surface area contributed by atoms with Crippen LogP contribution in [0.1, 0.15) is 49.3 Å². The van der Waals surface area contributed by atoms with Crippen molar-refractivity contribution in [2.24, 2.45) is 0 Å². The van der Waals surface area contributed by atoms with Crippen LogP contribution in [0.25, 0.3) is 0 Å². The number of benzene rings is 2. The molecular weight excluding hydrogens is 370 g/mol. The minimum Gasteiger partial charge on any atom is -0.487 e. The summed E-state index contributed by atoms with van der Waals surface area (Å²) in [7, 11) is 0. The van der Waals surface area contributed by atoms with E-state index < -0.39 is 6.16 Å². The second-order valence-corrected chi connectivity index (χ2v) is 7.63. The van der Waals surface area contributed by atoms with Crippen molar-refractivity contribution in [1.29, 1.82) is 0 Å². The van der Waals surface area contributed by atoms with Gasteiger partial charge in [0, 0.05) is 17.5 Å². The highest BCUT2D eigenvalue weighted by Crippen LogP contribution is 2.41. The first-order chi connectivity index (χ1) is 13.1. The Morgan fingerprint density at radius 2 is 1.89 bits per heavy atom. The molecule has 7 heteroatoms. The summed E-state index contributed by atoms with van der Waals surface area (Å²) in [6, 6.07) is 8.01. The number of ether oxygens (including phenoxy) is 2. The summed E-state index contributed by atoms with van der Waals surface area (Å²) >= 11 is 0. The molecule has 1 fully saturated rings. The third-order valence-corrected chi connectivity index (χ3v) is 4.59. The number of hydrogen-bond donors (Lipinski definition) is 2. The molecule has 2 aliphatic rings. The van der Waals surface area contributed by atoms with Gasteiger partial charge in [-0.25, -0.2) is 13.6 Å². The molecule has 28 heavy (non-hydrogen) atoms. The average molecular weight is 392 g/mol. The summed E-state index contributed by atoms with van der Waals surface area (Å²) in [6.07, 6.45) is 1.07. The van der Waals surface area contributed by atoms with E-state index in [2.05, 4.69) is 0 Å². The Balaban J connectivity index is 0.000000516. The van der Waals surface area contributed by atoms with Crippen molar-refractivity contribution in [3.63, 3.8) is 0 Å². The normalized spacial score (nSPS) is 16.4. The fourth-order valence-electron chi connectivity index (χ4n) is 3.31. The van der Waals surface area contributed by atoms with Gasteiger partial charge in [0.2, 0.25) is 0 Å². The maximum atomic E-state index is 14.2. The van der Waals surface area contributed by atoms with Crippen molar-refractivity contribution in [3.8, 4) is 11.5 Å². The van der Waals surface area contributed by atoms with Gasteiger partial charge in [-0.05, 0) is 62.4 Å². The lowest BCUT2D eigenvalue weighted by Crippen LogP contribution is -2.25. The molecule has 5 nitrogen and oxygen atoms in total. The zero-order chi connectivity index (χ0) is 20.5. The van der Waals surface area contributed by atoms with Crippen molar-refractivity contribution in [2.75, 3.05) is 0 Å². The number of halogens is 2. The fraction of sp³-hybridized carbons (Fsp3) is 0.381. The Morgan fingerprint density at radius 3 is 2.50 bits per heavy atom. The lowest BCUT2D eigenvalue weighted by molar-refractivity contribution is 0.134. The number of carboxylic acid groups (broad SMARTS) is 2. The van der Waals surface area contributed by atoms with Crippen LogP contribution >= 0.6 is 0 Å². The molecule has 0 saturated heterocycles. The first-order valence-electron chi connectivity index (χ1n) is 8.99. The van der Waals surface area contributed by atoms with Crippen LogP contribution in [0.5, 0.6) is 11.5 Å². The SMILES string of the molecule is CC1(C)Cc2cc(F)cc(COc3ccc(C4CC4)cc3F)c2O1.O=C(O)O. The summed E-state index contributed by atoms with van der Waals surface area (Å²) in [6.45, 7) is 4.01. The smallest absolute Gasteiger partial charge is 0.487 e. The van der Waals surface area contributed by atoms with E-state index in [-0.39, 0.29) is 29.6 Å². The molecule has 0 bridgehead atoms. The van der Waals surface area contributed by atoms with Crippen molar-refractivity contribution < 1.29 is 33.3 Å². The molecule has 1 heterocycles. The topological polar surface area (TPSA) is 76.0 Å². The molecule has 4 rings (SSSR count). The lowest BCUT2D eigenvalue weighted by atomic mass is 10.0. The van der Waals surface area contributed by atoms with Crippen LogP contribution in [0.2, 0.25) is 0 Å². The minimum atomic E-state index is -1.83. The van der Waals surface area contributed by atoms with E-state index in [0.29, 0.717) is 23.7 Å². The first kappa shape index (κ1) is 19.9. The molecule has 2 aromatic carbocycles. The highest BCUT2D eigenvalue weighted by molar-refractivity contribution is 5.53. The maximum absolute atomic E-state index is 14.2. The molecule has 150 valence electrons. The molecule has 2 aromatic rings. The van der Waals surface area contributed by atoms with Gasteiger partial charge >= 0.3 is 6.16 Å². The van der Waals surface area contributed by atoms with Gasteiger partial charge in [0.05, 0.1) is 0 Å². The minimum absolute atomic E-state index is 0.0792. The van der Waals surface area contributed by atoms with E-state index in [0.717, 1.165) is 24.0 Å². The zero-order valence-corrected chi connectivity index (χ0v) is 15.7. The Labute approximate surface area is 161 Å². The molecule has 1 aliphatic carbocycles. The van der Waals surface area contributed by atoms with Crippen molar-refractivity contribution >= 4 is 6.16 Å². The van der Waals surface area contributed by atoms with Crippen LogP contribution < -0.4 is 9.47 Å². The van der Waals surface area contributed by atoms with E-state index in [1.165, 1.54) is 12.1 Å². The predicted molar refractivity (Wildman–Crippen MR) is 98.2 cm³/mol. The summed E-state index contributed by atoms with van der Waals surface area (Å²) in [4.78, 5) is 8.56. The number of fused-ring (bicyclic) bond motifs is 1. The van der Waals surface area contributed by atoms with Crippen LogP contribution in [0.15, 0.2) is 30.3 Å². The average Bonchev–Trinajstić information content (AvgIpc) is 3.36. The van der Waals surface area contributed by atoms with E-state index in [1.807, 2.05) is 19.9 Å². The van der Waals surface area contributed by atoms with Gasteiger partial charge in [0.15, 0.2) is 11.6 Å². The quantitative estimate of drug-likeness (QED) is 0.733. The Bertz CT molecular complexity index is 887. The molecule has 0 unspecified atom stereocenters. The molecule has 1 saturated carbocycles. The molecule has 0 radical (unpaired) electrons. The standard InChI is InChI=1S/C20H20F2O2.CH2O3/c1-20(2)10-14-7-16(21)8-15(19(14)24-20)11-23-18-6-5-13(9-17(18)22)12-3-4-12;2-1(3)4/h5-9,12H,3-4,10-11H2,1-2H3;(H2,2,3,4). The van der Waals surface area contributed by atoms with Crippen LogP contribution in [0, 0.1) is 11.6 Å². The zero-order valence-electron chi connectivity index (χ0n) is 15.7. The van der Waals surface area contributed by atoms with Gasteiger partial charge in [0.25, 0.3) is 0 Å². The van der Waals surface area contributed by atoms with Crippen LogP contribution in [0.3, 0.4) is 0 Å². The summed E-state index contributed by atoms with van der Waals surface area (Å²) in [5.74, 6) is 0.661. The van der Waals surface area contributed by atoms with Gasteiger partial charge in [-0.3, -0.25) is 0 Å². The van der Waals surface area contributed by atoms with Crippen molar-refractivity contribution in [3.05, 3.63) is 58.7 Å². The fourth-order valence-corrected chi connectivity index (χ4v) is 3.31. The Kier molecular flexibility index (Phi) is 5.45. The molecule has 0 amide bonds. The number of carbonyl (C=O) groups is 1. The summed E-state index contributed by atoms with van der Waals surface area (Å²) < 4.78 is 39.6. The van der Waals surface area contributed by atoms with Crippen LogP contribution in [-0.4, -0.2) is 22.0 Å². The van der Waals surface area contributed by atoms with Gasteiger partial charge in [0.1, 0.15) is 23.8 Å². The number of hydrogen-bond acceptors (Lipinski definition) is 3. The lowest BCUT2D eigenvalue weighted by Gasteiger charge is -2.18. The summed E-state index contributed by atoms with van der Waals surface area (Å²) in [5, 5.41) is 13.9. The molecule has 1 aliphatic heterocycles. The third-order valence-electron chi connectivity index (χ3n) is 4.59. The van der Waals surface area contributed by atoms with Gasteiger partial charge in [-0.15, -0.1) is 0 Å². The largest absolute Gasteiger partial charge is 0.503 e. The second-order valence-electron chi connectivity index (χ2n) is 7.63. The van der Waals surface area contributed by atoms with E-state index >= 15 is 0 Å². The van der Waals surface area contributed by atoms with Crippen LogP contribution in [0.4, 0.5) is 13.6 Å². The molecular formula is C21H22F2O5. The van der Waals surface area contributed by atoms with Crippen molar-refractivity contribution in [2.45, 2.75) is 51.2 Å². The monoisotopic (exact) mass is 392 g/mol. The maximum Gasteiger partial charge on any atom is 0.503 e. The second kappa shape index (κ2) is 7.66. The van der Waals surface area contributed by atoms with Crippen LogP contribution in [-0.2, 0) is 13.0 Å². The summed E-state index contributed by atoms with van der Waals surface area (Å²) in [5.41, 5.74) is 2.11. The Morgan fingerprint density at radius 1 is 1.21 bits per heavy atom. The van der Waals surface area contributed by atoms with Gasteiger partial charge < -0.3 is 19.7 Å². The molecule has 0 spiro atoms. The van der Waals surface area contributed by atoms with Gasteiger partial charge in [-0.1, -0.05) is 6.07 Å². The molecule has 0 atom stereocenters. The van der Waals surface area contributed by atoms with E-state index in [9.17, 15) is 8.78 Å². The van der Waals surface area contributed by atoms with Gasteiger partial charge in [-0.2, -0.15) is 0 Å². The third kappa shape index (κ3) is 4.91. The molecule has 2 N–H and O–H groups in total.